The number of hydrogen-bond donors (Lipinski definition) is 0. The first-order chi connectivity index (χ1) is 8.60. The molecule has 0 amide bonds. The second-order valence-electron chi connectivity index (χ2n) is 3.87. The molecule has 0 N–H and O–H groups in total. The van der Waals surface area contributed by atoms with E-state index in [-0.39, 0.29) is 0 Å². The van der Waals surface area contributed by atoms with Crippen LogP contribution < -0.4 is 4.74 Å². The third-order valence-electron chi connectivity index (χ3n) is 2.61. The molecule has 2 aromatic rings. The van der Waals surface area contributed by atoms with Gasteiger partial charge in [0.2, 0.25) is 0 Å². The van der Waals surface area contributed by atoms with Crippen LogP contribution in [0.4, 0.5) is 0 Å². The Morgan fingerprint density at radius 3 is 2.78 bits per heavy atom. The van der Waals surface area contributed by atoms with Crippen LogP contribution in [0.2, 0.25) is 0 Å². The fourth-order valence-electron chi connectivity index (χ4n) is 1.43. The van der Waals surface area contributed by atoms with Crippen LogP contribution >= 0.6 is 27.7 Å². The Morgan fingerprint density at radius 2 is 2.17 bits per heavy atom. The van der Waals surface area contributed by atoms with Crippen molar-refractivity contribution in [1.29, 1.82) is 0 Å². The van der Waals surface area contributed by atoms with Crippen molar-refractivity contribution in [3.05, 3.63) is 39.7 Å². The zero-order valence-electron chi connectivity index (χ0n) is 10.5. The second-order valence-corrected chi connectivity index (χ2v) is 5.65. The van der Waals surface area contributed by atoms with Gasteiger partial charge in [-0.05, 0) is 37.6 Å². The van der Waals surface area contributed by atoms with Crippen LogP contribution in [0.5, 0.6) is 5.75 Å². The Kier molecular flexibility index (Phi) is 4.35. The average Bonchev–Trinajstić information content (AvgIpc) is 2.68. The number of methoxy groups -OCH3 is 1. The predicted molar refractivity (Wildman–Crippen MR) is 76.2 cm³/mol. The van der Waals surface area contributed by atoms with Gasteiger partial charge in [0.15, 0.2) is 0 Å². The number of nitrogens with zero attached hydrogens (tertiary/aromatic N) is 1. The van der Waals surface area contributed by atoms with Gasteiger partial charge in [0, 0.05) is 10.2 Å². The van der Waals surface area contributed by atoms with Crippen molar-refractivity contribution in [1.82, 2.24) is 4.98 Å². The topological polar surface area (TPSA) is 35.3 Å². The SMILES string of the molecule is COc1ccc(Br)c(CSc2nc(C)c(C)o2)c1. The minimum atomic E-state index is 0.708. The molecule has 5 heteroatoms. The van der Waals surface area contributed by atoms with Crippen LogP contribution in [0.1, 0.15) is 17.0 Å². The molecule has 0 radical (unpaired) electrons. The summed E-state index contributed by atoms with van der Waals surface area (Å²) in [5, 5.41) is 0.708. The number of aryl methyl sites for hydroxylation is 2. The monoisotopic (exact) mass is 327 g/mol. The van der Waals surface area contributed by atoms with Crippen LogP contribution in [0, 0.1) is 13.8 Å². The molecule has 96 valence electrons. The summed E-state index contributed by atoms with van der Waals surface area (Å²) in [7, 11) is 1.67. The molecule has 0 aliphatic rings. The molecular formula is C13H14BrNO2S. The van der Waals surface area contributed by atoms with Crippen LogP contribution in [-0.4, -0.2) is 12.1 Å². The lowest BCUT2D eigenvalue weighted by Gasteiger charge is -2.05. The molecular weight excluding hydrogens is 314 g/mol. The quantitative estimate of drug-likeness (QED) is 0.782. The number of hydrogen-bond acceptors (Lipinski definition) is 4. The van der Waals surface area contributed by atoms with Crippen molar-refractivity contribution in [3.8, 4) is 5.75 Å². The first-order valence-corrected chi connectivity index (χ1v) is 7.27. The van der Waals surface area contributed by atoms with E-state index in [4.69, 9.17) is 9.15 Å². The van der Waals surface area contributed by atoms with Crippen molar-refractivity contribution in [2.45, 2.75) is 24.8 Å². The summed E-state index contributed by atoms with van der Waals surface area (Å²) in [5.74, 6) is 2.52. The van der Waals surface area contributed by atoms with Crippen molar-refractivity contribution >= 4 is 27.7 Å². The third kappa shape index (κ3) is 3.09. The first-order valence-electron chi connectivity index (χ1n) is 5.49. The predicted octanol–water partition coefficient (Wildman–Crippen LogP) is 4.35. The Morgan fingerprint density at radius 1 is 1.39 bits per heavy atom. The molecule has 0 atom stereocenters. The number of halogens is 1. The normalized spacial score (nSPS) is 10.7. The molecule has 0 aliphatic heterocycles. The zero-order chi connectivity index (χ0) is 13.1. The first kappa shape index (κ1) is 13.5. The number of oxazole rings is 1. The van der Waals surface area contributed by atoms with E-state index >= 15 is 0 Å². The lowest BCUT2D eigenvalue weighted by Crippen LogP contribution is -1.87. The maximum Gasteiger partial charge on any atom is 0.256 e. The maximum atomic E-state index is 5.54. The van der Waals surface area contributed by atoms with Crippen molar-refractivity contribution < 1.29 is 9.15 Å². The smallest absolute Gasteiger partial charge is 0.256 e. The van der Waals surface area contributed by atoms with Crippen LogP contribution in [0.15, 0.2) is 32.3 Å². The highest BCUT2D eigenvalue weighted by molar-refractivity contribution is 9.10. The van der Waals surface area contributed by atoms with Gasteiger partial charge in [-0.15, -0.1) is 0 Å². The van der Waals surface area contributed by atoms with E-state index in [0.717, 1.165) is 33.0 Å². The van der Waals surface area contributed by atoms with Crippen molar-refractivity contribution in [2.24, 2.45) is 0 Å². The molecule has 1 heterocycles. The number of thioether (sulfide) groups is 1. The molecule has 2 rings (SSSR count). The van der Waals surface area contributed by atoms with Gasteiger partial charge in [-0.1, -0.05) is 27.7 Å². The minimum Gasteiger partial charge on any atom is -0.497 e. The molecule has 0 saturated carbocycles. The van der Waals surface area contributed by atoms with Gasteiger partial charge in [0.05, 0.1) is 12.8 Å². The van der Waals surface area contributed by atoms with E-state index in [1.54, 1.807) is 18.9 Å². The van der Waals surface area contributed by atoms with E-state index in [0.29, 0.717) is 5.22 Å². The van der Waals surface area contributed by atoms with E-state index in [1.165, 1.54) is 0 Å². The third-order valence-corrected chi connectivity index (χ3v) is 4.26. The Balaban J connectivity index is 2.10. The van der Waals surface area contributed by atoms with Crippen LogP contribution in [-0.2, 0) is 5.75 Å². The summed E-state index contributed by atoms with van der Waals surface area (Å²) in [6, 6.07) is 5.93. The maximum absolute atomic E-state index is 5.54. The lowest BCUT2D eigenvalue weighted by atomic mass is 10.2. The summed E-state index contributed by atoms with van der Waals surface area (Å²) in [4.78, 5) is 4.35. The van der Waals surface area contributed by atoms with Crippen molar-refractivity contribution in [2.75, 3.05) is 7.11 Å². The number of ether oxygens (including phenoxy) is 1. The summed E-state index contributed by atoms with van der Waals surface area (Å²) < 4.78 is 11.8. The highest BCUT2D eigenvalue weighted by Gasteiger charge is 2.08. The Hall–Kier alpha value is -0.940. The summed E-state index contributed by atoms with van der Waals surface area (Å²) in [6.07, 6.45) is 0. The van der Waals surface area contributed by atoms with Gasteiger partial charge < -0.3 is 9.15 Å². The summed E-state index contributed by atoms with van der Waals surface area (Å²) in [5.41, 5.74) is 2.11. The van der Waals surface area contributed by atoms with E-state index in [2.05, 4.69) is 20.9 Å². The molecule has 3 nitrogen and oxygen atoms in total. The van der Waals surface area contributed by atoms with E-state index < -0.39 is 0 Å². The molecule has 1 aromatic carbocycles. The highest BCUT2D eigenvalue weighted by Crippen LogP contribution is 2.29. The van der Waals surface area contributed by atoms with Gasteiger partial charge in [0.1, 0.15) is 11.5 Å². The molecule has 18 heavy (non-hydrogen) atoms. The minimum absolute atomic E-state index is 0.708. The zero-order valence-corrected chi connectivity index (χ0v) is 12.9. The standard InChI is InChI=1S/C13H14BrNO2S/c1-8-9(2)17-13(15-8)18-7-10-6-11(16-3)4-5-12(10)14/h4-6H,7H2,1-3H3. The molecule has 0 bridgehead atoms. The highest BCUT2D eigenvalue weighted by atomic mass is 79.9. The van der Waals surface area contributed by atoms with Crippen molar-refractivity contribution in [3.63, 3.8) is 0 Å². The molecule has 0 aliphatic carbocycles. The molecule has 0 unspecified atom stereocenters. The van der Waals surface area contributed by atoms with E-state index in [9.17, 15) is 0 Å². The van der Waals surface area contributed by atoms with Gasteiger partial charge in [-0.3, -0.25) is 0 Å². The molecule has 0 saturated heterocycles. The second kappa shape index (κ2) is 5.80. The van der Waals surface area contributed by atoms with Gasteiger partial charge >= 0.3 is 0 Å². The molecule has 0 spiro atoms. The van der Waals surface area contributed by atoms with Gasteiger partial charge in [-0.25, -0.2) is 4.98 Å². The summed E-state index contributed by atoms with van der Waals surface area (Å²) >= 11 is 5.11. The van der Waals surface area contributed by atoms with E-state index in [1.807, 2.05) is 32.0 Å². The molecule has 1 aromatic heterocycles. The largest absolute Gasteiger partial charge is 0.497 e. The summed E-state index contributed by atoms with van der Waals surface area (Å²) in [6.45, 7) is 3.87. The van der Waals surface area contributed by atoms with Gasteiger partial charge in [-0.2, -0.15) is 0 Å². The van der Waals surface area contributed by atoms with Crippen LogP contribution in [0.25, 0.3) is 0 Å². The number of benzene rings is 1. The fourth-order valence-corrected chi connectivity index (χ4v) is 2.91. The number of rotatable bonds is 4. The Bertz CT molecular complexity index is 534. The van der Waals surface area contributed by atoms with Gasteiger partial charge in [0.25, 0.3) is 5.22 Å². The fraction of sp³-hybridized carbons (Fsp3) is 0.308. The average molecular weight is 328 g/mol. The molecule has 0 fully saturated rings. The number of aromatic nitrogens is 1. The lowest BCUT2D eigenvalue weighted by molar-refractivity contribution is 0.414. The van der Waals surface area contributed by atoms with Crippen LogP contribution in [0.3, 0.4) is 0 Å². The Labute approximate surface area is 119 Å².